The molecule has 15 heavy (non-hydrogen) atoms. The first-order valence-electron chi connectivity index (χ1n) is 6.76. The van der Waals surface area contributed by atoms with Gasteiger partial charge in [-0.2, -0.15) is 0 Å². The van der Waals surface area contributed by atoms with E-state index < -0.39 is 0 Å². The summed E-state index contributed by atoms with van der Waals surface area (Å²) >= 11 is 0. The van der Waals surface area contributed by atoms with Gasteiger partial charge in [0.2, 0.25) is 0 Å². The molecular weight excluding hydrogens is 182 g/mol. The summed E-state index contributed by atoms with van der Waals surface area (Å²) in [5.41, 5.74) is 0.494. The molecule has 1 heteroatoms. The summed E-state index contributed by atoms with van der Waals surface area (Å²) < 4.78 is 0. The van der Waals surface area contributed by atoms with Crippen LogP contribution in [-0.4, -0.2) is 24.0 Å². The molecule has 0 radical (unpaired) electrons. The van der Waals surface area contributed by atoms with Crippen molar-refractivity contribution in [3.05, 3.63) is 0 Å². The van der Waals surface area contributed by atoms with Crippen LogP contribution in [0.5, 0.6) is 0 Å². The van der Waals surface area contributed by atoms with E-state index in [2.05, 4.69) is 32.6 Å². The van der Waals surface area contributed by atoms with Gasteiger partial charge in [-0.1, -0.05) is 34.1 Å². The second-order valence-electron chi connectivity index (χ2n) is 6.66. The zero-order valence-corrected chi connectivity index (χ0v) is 10.9. The van der Waals surface area contributed by atoms with Crippen LogP contribution in [0, 0.1) is 17.3 Å². The Kier molecular flexibility index (Phi) is 3.12. The Labute approximate surface area is 95.2 Å². The van der Waals surface area contributed by atoms with Gasteiger partial charge in [0.05, 0.1) is 0 Å². The van der Waals surface area contributed by atoms with Crippen LogP contribution in [-0.2, 0) is 0 Å². The normalized spacial score (nSPS) is 34.4. The van der Waals surface area contributed by atoms with E-state index in [9.17, 15) is 0 Å². The molecule has 2 unspecified atom stereocenters. The van der Waals surface area contributed by atoms with Crippen molar-refractivity contribution in [2.45, 2.75) is 59.4 Å². The molecule has 1 saturated heterocycles. The van der Waals surface area contributed by atoms with Crippen LogP contribution in [0.25, 0.3) is 0 Å². The Balaban J connectivity index is 2.01. The van der Waals surface area contributed by atoms with Gasteiger partial charge in [-0.3, -0.25) is 0 Å². The van der Waals surface area contributed by atoms with E-state index >= 15 is 0 Å². The predicted molar refractivity (Wildman–Crippen MR) is 65.9 cm³/mol. The third-order valence-electron chi connectivity index (χ3n) is 4.49. The summed E-state index contributed by atoms with van der Waals surface area (Å²) in [4.78, 5) is 2.77. The summed E-state index contributed by atoms with van der Waals surface area (Å²) in [7, 11) is 0. The van der Waals surface area contributed by atoms with Gasteiger partial charge in [0, 0.05) is 12.6 Å². The van der Waals surface area contributed by atoms with E-state index in [4.69, 9.17) is 0 Å². The van der Waals surface area contributed by atoms with Crippen LogP contribution < -0.4 is 0 Å². The second kappa shape index (κ2) is 4.08. The molecule has 1 aliphatic carbocycles. The number of hydrogen-bond acceptors (Lipinski definition) is 1. The minimum absolute atomic E-state index is 0.494. The van der Waals surface area contributed by atoms with E-state index in [-0.39, 0.29) is 0 Å². The molecule has 2 fully saturated rings. The minimum atomic E-state index is 0.494. The monoisotopic (exact) mass is 209 g/mol. The van der Waals surface area contributed by atoms with E-state index in [1.54, 1.807) is 0 Å². The van der Waals surface area contributed by atoms with Gasteiger partial charge < -0.3 is 4.90 Å². The quantitative estimate of drug-likeness (QED) is 0.672. The van der Waals surface area contributed by atoms with Gasteiger partial charge in [-0.15, -0.1) is 0 Å². The molecule has 0 spiro atoms. The molecule has 0 N–H and O–H groups in total. The Morgan fingerprint density at radius 2 is 1.80 bits per heavy atom. The SMILES string of the molecule is CCC1CCN(C2CC2)CC1C(C)(C)C. The first-order valence-corrected chi connectivity index (χ1v) is 6.76. The third kappa shape index (κ3) is 2.55. The first kappa shape index (κ1) is 11.4. The fourth-order valence-electron chi connectivity index (χ4n) is 3.27. The van der Waals surface area contributed by atoms with Crippen molar-refractivity contribution in [1.82, 2.24) is 4.90 Å². The largest absolute Gasteiger partial charge is 0.300 e. The van der Waals surface area contributed by atoms with Crippen molar-refractivity contribution in [2.75, 3.05) is 13.1 Å². The van der Waals surface area contributed by atoms with Crippen molar-refractivity contribution in [3.63, 3.8) is 0 Å². The maximum Gasteiger partial charge on any atom is 0.00965 e. The minimum Gasteiger partial charge on any atom is -0.300 e. The Bertz CT molecular complexity index is 212. The van der Waals surface area contributed by atoms with Crippen molar-refractivity contribution in [3.8, 4) is 0 Å². The van der Waals surface area contributed by atoms with Crippen LogP contribution in [0.4, 0.5) is 0 Å². The van der Waals surface area contributed by atoms with E-state index in [0.29, 0.717) is 5.41 Å². The van der Waals surface area contributed by atoms with E-state index in [0.717, 1.165) is 17.9 Å². The highest BCUT2D eigenvalue weighted by molar-refractivity contribution is 4.93. The van der Waals surface area contributed by atoms with Crippen LogP contribution in [0.3, 0.4) is 0 Å². The van der Waals surface area contributed by atoms with Crippen molar-refractivity contribution < 1.29 is 0 Å². The molecule has 2 aliphatic rings. The third-order valence-corrected chi connectivity index (χ3v) is 4.49. The average molecular weight is 209 g/mol. The molecule has 0 aromatic heterocycles. The lowest BCUT2D eigenvalue weighted by Crippen LogP contribution is -2.46. The molecule has 1 saturated carbocycles. The maximum atomic E-state index is 2.77. The number of piperidine rings is 1. The lowest BCUT2D eigenvalue weighted by Gasteiger charge is -2.45. The van der Waals surface area contributed by atoms with E-state index in [1.807, 2.05) is 0 Å². The fourth-order valence-corrected chi connectivity index (χ4v) is 3.27. The Morgan fingerprint density at radius 1 is 1.13 bits per heavy atom. The first-order chi connectivity index (χ1) is 7.02. The molecule has 0 amide bonds. The summed E-state index contributed by atoms with van der Waals surface area (Å²) in [5, 5.41) is 0. The van der Waals surface area contributed by atoms with Crippen LogP contribution >= 0.6 is 0 Å². The summed E-state index contributed by atoms with van der Waals surface area (Å²) in [6, 6.07) is 0.965. The van der Waals surface area contributed by atoms with Crippen molar-refractivity contribution in [1.29, 1.82) is 0 Å². The smallest absolute Gasteiger partial charge is 0.00965 e. The number of rotatable bonds is 2. The molecule has 88 valence electrons. The number of likely N-dealkylation sites (tertiary alicyclic amines) is 1. The van der Waals surface area contributed by atoms with Gasteiger partial charge in [0.25, 0.3) is 0 Å². The second-order valence-corrected chi connectivity index (χ2v) is 6.66. The molecule has 1 heterocycles. The molecule has 0 bridgehead atoms. The molecular formula is C14H27N. The van der Waals surface area contributed by atoms with Gasteiger partial charge >= 0.3 is 0 Å². The highest BCUT2D eigenvalue weighted by Gasteiger charge is 2.40. The van der Waals surface area contributed by atoms with Gasteiger partial charge in [0.15, 0.2) is 0 Å². The van der Waals surface area contributed by atoms with Gasteiger partial charge in [-0.25, -0.2) is 0 Å². The molecule has 2 atom stereocenters. The lowest BCUT2D eigenvalue weighted by atomic mass is 9.69. The Morgan fingerprint density at radius 3 is 2.27 bits per heavy atom. The van der Waals surface area contributed by atoms with Crippen LogP contribution in [0.2, 0.25) is 0 Å². The average Bonchev–Trinajstić information content (AvgIpc) is 2.98. The van der Waals surface area contributed by atoms with Gasteiger partial charge in [0.1, 0.15) is 0 Å². The number of nitrogens with zero attached hydrogens (tertiary/aromatic N) is 1. The highest BCUT2D eigenvalue weighted by atomic mass is 15.2. The summed E-state index contributed by atoms with van der Waals surface area (Å²) in [5.74, 6) is 1.89. The molecule has 0 aromatic rings. The van der Waals surface area contributed by atoms with E-state index in [1.165, 1.54) is 38.8 Å². The van der Waals surface area contributed by atoms with Crippen LogP contribution in [0.1, 0.15) is 53.4 Å². The molecule has 1 nitrogen and oxygen atoms in total. The highest BCUT2D eigenvalue weighted by Crippen LogP contribution is 2.41. The molecule has 1 aliphatic heterocycles. The summed E-state index contributed by atoms with van der Waals surface area (Å²) in [6.45, 7) is 12.4. The fraction of sp³-hybridized carbons (Fsp3) is 1.00. The maximum absolute atomic E-state index is 2.77. The Hall–Kier alpha value is -0.0400. The number of hydrogen-bond donors (Lipinski definition) is 0. The topological polar surface area (TPSA) is 3.24 Å². The zero-order valence-electron chi connectivity index (χ0n) is 10.9. The summed E-state index contributed by atoms with van der Waals surface area (Å²) in [6.07, 6.45) is 5.75. The van der Waals surface area contributed by atoms with Crippen LogP contribution in [0.15, 0.2) is 0 Å². The molecule has 0 aromatic carbocycles. The van der Waals surface area contributed by atoms with Crippen molar-refractivity contribution in [2.24, 2.45) is 17.3 Å². The standard InChI is InChI=1S/C14H27N/c1-5-11-8-9-15(12-6-7-12)10-13(11)14(2,3)4/h11-13H,5-10H2,1-4H3. The lowest BCUT2D eigenvalue weighted by molar-refractivity contribution is 0.0400. The van der Waals surface area contributed by atoms with Crippen molar-refractivity contribution >= 4 is 0 Å². The predicted octanol–water partition coefficient (Wildman–Crippen LogP) is 3.54. The van der Waals surface area contributed by atoms with Gasteiger partial charge in [-0.05, 0) is 43.1 Å². The molecule has 2 rings (SSSR count). The zero-order chi connectivity index (χ0) is 11.1.